The fourth-order valence-electron chi connectivity index (χ4n) is 1.52. The van der Waals surface area contributed by atoms with E-state index in [2.05, 4.69) is 15.3 Å². The van der Waals surface area contributed by atoms with E-state index in [4.69, 9.17) is 0 Å². The third-order valence-corrected chi connectivity index (χ3v) is 2.28. The number of hydrazone groups is 1. The number of carbonyl (C=O) groups excluding carboxylic acids is 1. The normalized spacial score (nSPS) is 18.8. The monoisotopic (exact) mass is 184 g/mol. The first-order valence-electron chi connectivity index (χ1n) is 4.70. The highest BCUT2D eigenvalue weighted by Gasteiger charge is 2.10. The smallest absolute Gasteiger partial charge is 0.427 e. The summed E-state index contributed by atoms with van der Waals surface area (Å²) in [7, 11) is 1.32. The van der Waals surface area contributed by atoms with E-state index in [1.54, 1.807) is 0 Å². The van der Waals surface area contributed by atoms with Crippen molar-refractivity contribution in [2.45, 2.75) is 32.1 Å². The predicted octanol–water partition coefficient (Wildman–Crippen LogP) is 1.91. The maximum atomic E-state index is 10.6. The summed E-state index contributed by atoms with van der Waals surface area (Å²) in [6, 6.07) is 0. The zero-order valence-corrected chi connectivity index (χ0v) is 7.95. The highest BCUT2D eigenvalue weighted by molar-refractivity contribution is 5.69. The average molecular weight is 184 g/mol. The molecule has 0 heterocycles. The molecule has 0 unspecified atom stereocenters. The Morgan fingerprint density at radius 2 is 2.15 bits per heavy atom. The molecule has 1 N–H and O–H groups in total. The van der Waals surface area contributed by atoms with Crippen LogP contribution in [0.2, 0.25) is 0 Å². The van der Waals surface area contributed by atoms with Crippen molar-refractivity contribution in [2.75, 3.05) is 7.11 Å². The quantitative estimate of drug-likeness (QED) is 0.526. The summed E-state index contributed by atoms with van der Waals surface area (Å²) in [5.41, 5.74) is 2.29. The summed E-state index contributed by atoms with van der Waals surface area (Å²) in [4.78, 5) is 10.6. The molecule has 1 aliphatic carbocycles. The van der Waals surface area contributed by atoms with Crippen LogP contribution in [-0.2, 0) is 4.74 Å². The molecule has 0 atom stereocenters. The van der Waals surface area contributed by atoms with Gasteiger partial charge < -0.3 is 4.74 Å². The summed E-state index contributed by atoms with van der Waals surface area (Å²) in [5.74, 6) is 0.533. The van der Waals surface area contributed by atoms with Crippen molar-refractivity contribution in [3.05, 3.63) is 0 Å². The first kappa shape index (κ1) is 10.0. The minimum Gasteiger partial charge on any atom is -0.452 e. The van der Waals surface area contributed by atoms with E-state index in [0.29, 0.717) is 5.92 Å². The van der Waals surface area contributed by atoms with Crippen molar-refractivity contribution in [1.29, 1.82) is 0 Å². The zero-order valence-electron chi connectivity index (χ0n) is 7.95. The Bertz CT molecular complexity index is 186. The lowest BCUT2D eigenvalue weighted by molar-refractivity contribution is 0.171. The van der Waals surface area contributed by atoms with Crippen LogP contribution >= 0.6 is 0 Å². The highest BCUT2D eigenvalue weighted by atomic mass is 16.5. The van der Waals surface area contributed by atoms with E-state index < -0.39 is 6.09 Å². The molecular weight excluding hydrogens is 168 g/mol. The number of hydrogen-bond acceptors (Lipinski definition) is 3. The molecule has 1 fully saturated rings. The highest BCUT2D eigenvalue weighted by Crippen LogP contribution is 2.21. The van der Waals surface area contributed by atoms with Gasteiger partial charge in [0.05, 0.1) is 7.11 Å². The van der Waals surface area contributed by atoms with Gasteiger partial charge in [0.2, 0.25) is 0 Å². The van der Waals surface area contributed by atoms with Gasteiger partial charge in [0.25, 0.3) is 0 Å². The predicted molar refractivity (Wildman–Crippen MR) is 50.6 cm³/mol. The Hall–Kier alpha value is -1.06. The molecular formula is C9H16N2O2. The maximum absolute atomic E-state index is 10.6. The zero-order chi connectivity index (χ0) is 9.52. The van der Waals surface area contributed by atoms with Crippen molar-refractivity contribution in [2.24, 2.45) is 11.0 Å². The second-order valence-electron chi connectivity index (χ2n) is 3.28. The van der Waals surface area contributed by atoms with Crippen LogP contribution in [0.15, 0.2) is 5.10 Å². The number of nitrogens with zero attached hydrogens (tertiary/aromatic N) is 1. The standard InChI is InChI=1S/C9H16N2O2/c1-13-9(12)11-10-7-8-5-3-2-4-6-8/h7-8H,2-6H2,1H3,(H,11,12). The molecule has 0 spiro atoms. The number of methoxy groups -OCH3 is 1. The minimum absolute atomic E-state index is 0.507. The van der Waals surface area contributed by atoms with Crippen LogP contribution in [0.1, 0.15) is 32.1 Å². The lowest BCUT2D eigenvalue weighted by atomic mass is 9.90. The fourth-order valence-corrected chi connectivity index (χ4v) is 1.52. The summed E-state index contributed by atoms with van der Waals surface area (Å²) >= 11 is 0. The van der Waals surface area contributed by atoms with E-state index in [1.807, 2.05) is 6.21 Å². The Labute approximate surface area is 78.3 Å². The van der Waals surface area contributed by atoms with E-state index >= 15 is 0 Å². The third kappa shape index (κ3) is 3.92. The van der Waals surface area contributed by atoms with Gasteiger partial charge in [-0.1, -0.05) is 19.3 Å². The lowest BCUT2D eigenvalue weighted by Gasteiger charge is -2.16. The van der Waals surface area contributed by atoms with Crippen LogP contribution in [0.25, 0.3) is 0 Å². The van der Waals surface area contributed by atoms with Crippen LogP contribution in [0.4, 0.5) is 4.79 Å². The van der Waals surface area contributed by atoms with Gasteiger partial charge in [-0.15, -0.1) is 0 Å². The lowest BCUT2D eigenvalue weighted by Crippen LogP contribution is -2.18. The van der Waals surface area contributed by atoms with Gasteiger partial charge >= 0.3 is 6.09 Å². The number of amides is 1. The number of nitrogens with one attached hydrogen (secondary N) is 1. The minimum atomic E-state index is -0.507. The molecule has 1 amide bonds. The summed E-state index contributed by atoms with van der Waals surface area (Å²) in [6.45, 7) is 0. The number of ether oxygens (including phenoxy) is 1. The maximum Gasteiger partial charge on any atom is 0.427 e. The van der Waals surface area contributed by atoms with Crippen LogP contribution in [-0.4, -0.2) is 19.4 Å². The van der Waals surface area contributed by atoms with Gasteiger partial charge in [0.15, 0.2) is 0 Å². The third-order valence-electron chi connectivity index (χ3n) is 2.28. The van der Waals surface area contributed by atoms with Crippen molar-refractivity contribution < 1.29 is 9.53 Å². The van der Waals surface area contributed by atoms with Gasteiger partial charge in [-0.05, 0) is 18.8 Å². The van der Waals surface area contributed by atoms with E-state index in [-0.39, 0.29) is 0 Å². The van der Waals surface area contributed by atoms with Crippen molar-refractivity contribution in [1.82, 2.24) is 5.43 Å². The molecule has 0 saturated heterocycles. The van der Waals surface area contributed by atoms with Gasteiger partial charge in [-0.3, -0.25) is 0 Å². The van der Waals surface area contributed by atoms with E-state index in [1.165, 1.54) is 39.2 Å². The summed E-state index contributed by atoms with van der Waals surface area (Å²) in [5, 5.41) is 3.82. The molecule has 1 aliphatic rings. The van der Waals surface area contributed by atoms with Crippen LogP contribution in [0.5, 0.6) is 0 Å². The molecule has 0 bridgehead atoms. The van der Waals surface area contributed by atoms with Gasteiger partial charge in [0, 0.05) is 6.21 Å². The molecule has 0 aromatic heterocycles. The summed E-state index contributed by atoms with van der Waals surface area (Å²) < 4.78 is 4.38. The largest absolute Gasteiger partial charge is 0.452 e. The molecule has 0 aromatic carbocycles. The number of carbonyl (C=O) groups is 1. The molecule has 1 saturated carbocycles. The number of hydrogen-bond donors (Lipinski definition) is 1. The topological polar surface area (TPSA) is 50.7 Å². The van der Waals surface area contributed by atoms with Gasteiger partial charge in [0.1, 0.15) is 0 Å². The Kier molecular flexibility index (Phi) is 4.29. The van der Waals surface area contributed by atoms with Gasteiger partial charge in [-0.2, -0.15) is 5.10 Å². The van der Waals surface area contributed by atoms with Crippen LogP contribution in [0.3, 0.4) is 0 Å². The van der Waals surface area contributed by atoms with Crippen molar-refractivity contribution >= 4 is 12.3 Å². The molecule has 0 aromatic rings. The second kappa shape index (κ2) is 5.56. The van der Waals surface area contributed by atoms with Crippen molar-refractivity contribution in [3.63, 3.8) is 0 Å². The Morgan fingerprint density at radius 3 is 2.77 bits per heavy atom. The number of rotatable bonds is 2. The van der Waals surface area contributed by atoms with Gasteiger partial charge in [-0.25, -0.2) is 10.2 Å². The van der Waals surface area contributed by atoms with Crippen molar-refractivity contribution in [3.8, 4) is 0 Å². The van der Waals surface area contributed by atoms with E-state index in [0.717, 1.165) is 0 Å². The Morgan fingerprint density at radius 1 is 1.46 bits per heavy atom. The molecule has 74 valence electrons. The average Bonchev–Trinajstić information content (AvgIpc) is 2.19. The SMILES string of the molecule is COC(=O)NN=CC1CCCCC1. The Balaban J connectivity index is 2.18. The summed E-state index contributed by atoms with van der Waals surface area (Å²) in [6.07, 6.45) is 7.56. The molecule has 4 nitrogen and oxygen atoms in total. The van der Waals surface area contributed by atoms with E-state index in [9.17, 15) is 4.79 Å². The first-order chi connectivity index (χ1) is 6.33. The second-order valence-corrected chi connectivity index (χ2v) is 3.28. The van der Waals surface area contributed by atoms with Crippen LogP contribution < -0.4 is 5.43 Å². The first-order valence-corrected chi connectivity index (χ1v) is 4.70. The van der Waals surface area contributed by atoms with Crippen LogP contribution in [0, 0.1) is 5.92 Å². The molecule has 0 aliphatic heterocycles. The molecule has 13 heavy (non-hydrogen) atoms. The fraction of sp³-hybridized carbons (Fsp3) is 0.778. The molecule has 4 heteroatoms. The molecule has 0 radical (unpaired) electrons. The molecule has 1 rings (SSSR count).